The molecule has 2 heterocycles. The third-order valence-electron chi connectivity index (χ3n) is 4.86. The molecule has 1 aliphatic heterocycles. The average Bonchev–Trinajstić information content (AvgIpc) is 3.07. The van der Waals surface area contributed by atoms with Crippen LogP contribution in [0.25, 0.3) is 5.69 Å². The maximum absolute atomic E-state index is 12.7. The van der Waals surface area contributed by atoms with Crippen molar-refractivity contribution in [1.82, 2.24) is 24.6 Å². The third kappa shape index (κ3) is 5.50. The lowest BCUT2D eigenvalue weighted by Gasteiger charge is -2.22. The highest BCUT2D eigenvalue weighted by atomic mass is 32.2. The smallest absolute Gasteiger partial charge is 0.233 e. The summed E-state index contributed by atoms with van der Waals surface area (Å²) in [6.45, 7) is 4.60. The molecule has 9 heteroatoms. The Morgan fingerprint density at radius 3 is 2.41 bits per heavy atom. The molecule has 8 nitrogen and oxygen atoms in total. The number of aromatic nitrogens is 3. The highest BCUT2D eigenvalue weighted by molar-refractivity contribution is 7.99. The number of carbonyl (C=O) groups is 2. The van der Waals surface area contributed by atoms with E-state index in [4.69, 9.17) is 4.74 Å². The molecule has 0 aliphatic carbocycles. The Hall–Kier alpha value is -2.55. The van der Waals surface area contributed by atoms with E-state index in [2.05, 4.69) is 10.2 Å². The number of hydrogen-bond donors (Lipinski definition) is 0. The molecule has 3 rings (SSSR count). The summed E-state index contributed by atoms with van der Waals surface area (Å²) in [5.41, 5.74) is 0.908. The van der Waals surface area contributed by atoms with E-state index in [0.717, 1.165) is 30.8 Å². The highest BCUT2D eigenvalue weighted by Crippen LogP contribution is 2.22. The normalized spacial score (nSPS) is 14.6. The summed E-state index contributed by atoms with van der Waals surface area (Å²) in [6.07, 6.45) is 3.87. The minimum atomic E-state index is 0.0593. The van der Waals surface area contributed by atoms with Gasteiger partial charge in [0.05, 0.1) is 12.9 Å². The zero-order valence-electron chi connectivity index (χ0n) is 16.9. The van der Waals surface area contributed by atoms with E-state index in [9.17, 15) is 9.59 Å². The summed E-state index contributed by atoms with van der Waals surface area (Å²) in [5.74, 6) is 1.31. The van der Waals surface area contributed by atoms with E-state index in [-0.39, 0.29) is 17.6 Å². The van der Waals surface area contributed by atoms with Crippen LogP contribution < -0.4 is 4.74 Å². The van der Waals surface area contributed by atoms with Crippen molar-refractivity contribution in [1.29, 1.82) is 0 Å². The second-order valence-corrected chi connectivity index (χ2v) is 7.78. The Kier molecular flexibility index (Phi) is 7.51. The summed E-state index contributed by atoms with van der Waals surface area (Å²) < 4.78 is 7.04. The molecular weight excluding hydrogens is 390 g/mol. The molecule has 0 N–H and O–H groups in total. The summed E-state index contributed by atoms with van der Waals surface area (Å²) >= 11 is 1.37. The van der Waals surface area contributed by atoms with Crippen LogP contribution in [0.2, 0.25) is 0 Å². The fourth-order valence-electron chi connectivity index (χ4n) is 3.25. The predicted octanol–water partition coefficient (Wildman–Crippen LogP) is 2.23. The van der Waals surface area contributed by atoms with Crippen molar-refractivity contribution in [2.24, 2.45) is 0 Å². The number of thioether (sulfide) groups is 1. The predicted molar refractivity (Wildman–Crippen MR) is 111 cm³/mol. The van der Waals surface area contributed by atoms with Crippen LogP contribution in [-0.2, 0) is 9.59 Å². The lowest BCUT2D eigenvalue weighted by molar-refractivity contribution is -0.132. The molecule has 1 saturated heterocycles. The molecule has 0 spiro atoms. The molecule has 0 bridgehead atoms. The molecule has 1 aromatic heterocycles. The topological polar surface area (TPSA) is 80.6 Å². The Labute approximate surface area is 175 Å². The van der Waals surface area contributed by atoms with Gasteiger partial charge in [-0.2, -0.15) is 0 Å². The van der Waals surface area contributed by atoms with Gasteiger partial charge in [-0.05, 0) is 37.1 Å². The number of ether oxygens (including phenoxy) is 1. The van der Waals surface area contributed by atoms with Crippen LogP contribution in [0.5, 0.6) is 5.75 Å². The number of carbonyl (C=O) groups excluding carboxylic acids is 2. The molecule has 1 aromatic carbocycles. The van der Waals surface area contributed by atoms with E-state index in [0.29, 0.717) is 31.2 Å². The van der Waals surface area contributed by atoms with Crippen LogP contribution in [0, 0.1) is 0 Å². The van der Waals surface area contributed by atoms with E-state index in [1.54, 1.807) is 13.4 Å². The summed E-state index contributed by atoms with van der Waals surface area (Å²) in [4.78, 5) is 28.5. The first-order valence-electron chi connectivity index (χ1n) is 9.85. The molecule has 2 amide bonds. The van der Waals surface area contributed by atoms with Gasteiger partial charge in [-0.3, -0.25) is 14.2 Å². The van der Waals surface area contributed by atoms with E-state index >= 15 is 0 Å². The standard InChI is InChI=1S/C20H27N5O3S/c1-3-5-18(26)23-10-4-11-24(13-12-23)19(27)14-29-20-22-21-15-25(20)16-6-8-17(28-2)9-7-16/h6-9,15H,3-5,10-14H2,1-2H3. The lowest BCUT2D eigenvalue weighted by atomic mass is 10.3. The average molecular weight is 418 g/mol. The first-order chi connectivity index (χ1) is 14.1. The van der Waals surface area contributed by atoms with Crippen LogP contribution in [0.4, 0.5) is 0 Å². The third-order valence-corrected chi connectivity index (χ3v) is 5.78. The second kappa shape index (κ2) is 10.3. The molecule has 156 valence electrons. The van der Waals surface area contributed by atoms with E-state index in [1.807, 2.05) is 45.6 Å². The van der Waals surface area contributed by atoms with Crippen molar-refractivity contribution in [2.75, 3.05) is 39.0 Å². The zero-order valence-corrected chi connectivity index (χ0v) is 17.7. The van der Waals surface area contributed by atoms with Crippen LogP contribution in [-0.4, -0.2) is 75.4 Å². The first kappa shape index (κ1) is 21.2. The number of benzene rings is 1. The minimum Gasteiger partial charge on any atom is -0.497 e. The van der Waals surface area contributed by atoms with Gasteiger partial charge in [-0.15, -0.1) is 10.2 Å². The van der Waals surface area contributed by atoms with Crippen molar-refractivity contribution in [2.45, 2.75) is 31.3 Å². The van der Waals surface area contributed by atoms with Crippen LogP contribution in [0.1, 0.15) is 26.2 Å². The molecule has 1 aliphatic rings. The van der Waals surface area contributed by atoms with Crippen LogP contribution in [0.3, 0.4) is 0 Å². The molecule has 1 fully saturated rings. The molecule has 0 atom stereocenters. The van der Waals surface area contributed by atoms with E-state index in [1.165, 1.54) is 11.8 Å². The fourth-order valence-corrected chi connectivity index (χ4v) is 4.08. The number of hydrogen-bond acceptors (Lipinski definition) is 6. The van der Waals surface area contributed by atoms with Crippen molar-refractivity contribution >= 4 is 23.6 Å². The maximum atomic E-state index is 12.7. The molecule has 2 aromatic rings. The van der Waals surface area contributed by atoms with Crippen LogP contribution in [0.15, 0.2) is 35.7 Å². The minimum absolute atomic E-state index is 0.0593. The first-order valence-corrected chi connectivity index (χ1v) is 10.8. The van der Waals surface area contributed by atoms with Gasteiger partial charge < -0.3 is 14.5 Å². The maximum Gasteiger partial charge on any atom is 0.233 e. The van der Waals surface area contributed by atoms with Gasteiger partial charge in [0, 0.05) is 38.3 Å². The molecular formula is C20H27N5O3S. The van der Waals surface area contributed by atoms with Gasteiger partial charge in [0.25, 0.3) is 0 Å². The second-order valence-electron chi connectivity index (χ2n) is 6.84. The zero-order chi connectivity index (χ0) is 20.6. The quantitative estimate of drug-likeness (QED) is 0.643. The number of rotatable bonds is 7. The monoisotopic (exact) mass is 417 g/mol. The van der Waals surface area contributed by atoms with Crippen molar-refractivity contribution in [3.63, 3.8) is 0 Å². The number of methoxy groups -OCH3 is 1. The van der Waals surface area contributed by atoms with Gasteiger partial charge in [0.2, 0.25) is 11.8 Å². The highest BCUT2D eigenvalue weighted by Gasteiger charge is 2.22. The van der Waals surface area contributed by atoms with Gasteiger partial charge in [0.1, 0.15) is 12.1 Å². The van der Waals surface area contributed by atoms with Gasteiger partial charge in [-0.25, -0.2) is 0 Å². The van der Waals surface area contributed by atoms with Crippen molar-refractivity contribution in [3.05, 3.63) is 30.6 Å². The fraction of sp³-hybridized carbons (Fsp3) is 0.500. The molecule has 29 heavy (non-hydrogen) atoms. The Balaban J connectivity index is 1.56. The van der Waals surface area contributed by atoms with Crippen LogP contribution >= 0.6 is 11.8 Å². The molecule has 0 unspecified atom stereocenters. The van der Waals surface area contributed by atoms with Gasteiger partial charge >= 0.3 is 0 Å². The number of amides is 2. The van der Waals surface area contributed by atoms with E-state index < -0.39 is 0 Å². The Morgan fingerprint density at radius 1 is 1.07 bits per heavy atom. The lowest BCUT2D eigenvalue weighted by Crippen LogP contribution is -2.38. The number of nitrogens with zero attached hydrogens (tertiary/aromatic N) is 5. The largest absolute Gasteiger partial charge is 0.497 e. The van der Waals surface area contributed by atoms with Crippen molar-refractivity contribution in [3.8, 4) is 11.4 Å². The van der Waals surface area contributed by atoms with Gasteiger partial charge in [0.15, 0.2) is 5.16 Å². The molecule has 0 radical (unpaired) electrons. The summed E-state index contributed by atoms with van der Waals surface area (Å²) in [5, 5.41) is 8.80. The van der Waals surface area contributed by atoms with Crippen molar-refractivity contribution < 1.29 is 14.3 Å². The summed E-state index contributed by atoms with van der Waals surface area (Å²) in [6, 6.07) is 7.59. The molecule has 0 saturated carbocycles. The Bertz CT molecular complexity index is 824. The van der Waals surface area contributed by atoms with Gasteiger partial charge in [-0.1, -0.05) is 18.7 Å². The SMILES string of the molecule is CCCC(=O)N1CCCN(C(=O)CSc2nncn2-c2ccc(OC)cc2)CC1. The summed E-state index contributed by atoms with van der Waals surface area (Å²) in [7, 11) is 1.63. The Morgan fingerprint density at radius 2 is 1.76 bits per heavy atom.